The van der Waals surface area contributed by atoms with Gasteiger partial charge in [0.25, 0.3) is 5.91 Å². The van der Waals surface area contributed by atoms with Crippen LogP contribution in [0.2, 0.25) is 0 Å². The van der Waals surface area contributed by atoms with Crippen LogP contribution in [-0.2, 0) is 14.3 Å². The first-order valence-corrected chi connectivity index (χ1v) is 10.1. The quantitative estimate of drug-likeness (QED) is 0.629. The highest BCUT2D eigenvalue weighted by molar-refractivity contribution is 5.97. The molecule has 2 aromatic rings. The van der Waals surface area contributed by atoms with Crippen molar-refractivity contribution >= 4 is 17.6 Å². The Kier molecular flexibility index (Phi) is 7.68. The number of hydrogen-bond donors (Lipinski definition) is 1. The molecule has 3 rings (SSSR count). The van der Waals surface area contributed by atoms with Crippen molar-refractivity contribution in [3.05, 3.63) is 54.1 Å². The zero-order valence-electron chi connectivity index (χ0n) is 17.3. The summed E-state index contributed by atoms with van der Waals surface area (Å²) in [6, 6.07) is 13.6. The molecule has 2 atom stereocenters. The third-order valence-electron chi connectivity index (χ3n) is 4.64. The SMILES string of the molecule is CCOc1ccc(NC(=O)[C@H](C)OC(=O)c2ccc(OC[C@@H]3CCCO3)cc2)cc1. The summed E-state index contributed by atoms with van der Waals surface area (Å²) in [6.07, 6.45) is 1.24. The second kappa shape index (κ2) is 10.6. The lowest BCUT2D eigenvalue weighted by Crippen LogP contribution is -2.30. The van der Waals surface area contributed by atoms with Crippen molar-refractivity contribution in [2.75, 3.05) is 25.1 Å². The molecule has 0 unspecified atom stereocenters. The zero-order chi connectivity index (χ0) is 21.3. The van der Waals surface area contributed by atoms with E-state index in [-0.39, 0.29) is 6.10 Å². The monoisotopic (exact) mass is 413 g/mol. The van der Waals surface area contributed by atoms with Gasteiger partial charge in [0.15, 0.2) is 6.10 Å². The van der Waals surface area contributed by atoms with Crippen LogP contribution in [0, 0.1) is 0 Å². The molecule has 2 aromatic carbocycles. The summed E-state index contributed by atoms with van der Waals surface area (Å²) in [4.78, 5) is 24.6. The molecule has 0 saturated carbocycles. The summed E-state index contributed by atoms with van der Waals surface area (Å²) in [5.74, 6) is 0.389. The molecular weight excluding hydrogens is 386 g/mol. The van der Waals surface area contributed by atoms with E-state index in [1.165, 1.54) is 6.92 Å². The molecule has 0 spiro atoms. The summed E-state index contributed by atoms with van der Waals surface area (Å²) >= 11 is 0. The molecule has 7 nitrogen and oxygen atoms in total. The molecule has 1 saturated heterocycles. The number of anilines is 1. The normalized spacial score (nSPS) is 16.5. The molecular formula is C23H27NO6. The molecule has 0 bridgehead atoms. The second-order valence-electron chi connectivity index (χ2n) is 6.96. The minimum atomic E-state index is -0.945. The van der Waals surface area contributed by atoms with Crippen LogP contribution in [0.15, 0.2) is 48.5 Å². The average Bonchev–Trinajstić information content (AvgIpc) is 3.28. The third-order valence-corrected chi connectivity index (χ3v) is 4.64. The van der Waals surface area contributed by atoms with Gasteiger partial charge in [-0.3, -0.25) is 4.79 Å². The fraction of sp³-hybridized carbons (Fsp3) is 0.391. The van der Waals surface area contributed by atoms with Crippen LogP contribution in [-0.4, -0.2) is 43.9 Å². The minimum absolute atomic E-state index is 0.129. The van der Waals surface area contributed by atoms with E-state index in [0.717, 1.165) is 25.2 Å². The lowest BCUT2D eigenvalue weighted by Gasteiger charge is -2.14. The van der Waals surface area contributed by atoms with Gasteiger partial charge >= 0.3 is 5.97 Å². The smallest absolute Gasteiger partial charge is 0.338 e. The molecule has 0 aromatic heterocycles. The van der Waals surface area contributed by atoms with Crippen molar-refractivity contribution in [3.8, 4) is 11.5 Å². The summed E-state index contributed by atoms with van der Waals surface area (Å²) in [7, 11) is 0. The van der Waals surface area contributed by atoms with Gasteiger partial charge in [-0.25, -0.2) is 4.79 Å². The Morgan fingerprint density at radius 3 is 2.37 bits per heavy atom. The van der Waals surface area contributed by atoms with Gasteiger partial charge in [0.2, 0.25) is 0 Å². The zero-order valence-corrected chi connectivity index (χ0v) is 17.3. The fourth-order valence-electron chi connectivity index (χ4n) is 2.98. The van der Waals surface area contributed by atoms with E-state index in [1.54, 1.807) is 48.5 Å². The Balaban J connectivity index is 1.47. The first kappa shape index (κ1) is 21.6. The van der Waals surface area contributed by atoms with Crippen LogP contribution in [0.5, 0.6) is 11.5 Å². The number of carbonyl (C=O) groups is 2. The van der Waals surface area contributed by atoms with Crippen LogP contribution in [0.1, 0.15) is 37.0 Å². The minimum Gasteiger partial charge on any atom is -0.494 e. The molecule has 1 heterocycles. The van der Waals surface area contributed by atoms with E-state index in [2.05, 4.69) is 5.32 Å². The average molecular weight is 413 g/mol. The highest BCUT2D eigenvalue weighted by atomic mass is 16.5. The third kappa shape index (κ3) is 6.22. The van der Waals surface area contributed by atoms with Gasteiger partial charge in [0.05, 0.1) is 18.3 Å². The number of hydrogen-bond acceptors (Lipinski definition) is 6. The molecule has 0 aliphatic carbocycles. The van der Waals surface area contributed by atoms with Crippen LogP contribution < -0.4 is 14.8 Å². The Bertz CT molecular complexity index is 828. The number of carbonyl (C=O) groups excluding carboxylic acids is 2. The molecule has 160 valence electrons. The van der Waals surface area contributed by atoms with Gasteiger partial charge in [-0.15, -0.1) is 0 Å². The van der Waals surface area contributed by atoms with E-state index in [0.29, 0.717) is 30.2 Å². The van der Waals surface area contributed by atoms with Crippen molar-refractivity contribution in [2.45, 2.75) is 38.9 Å². The summed E-state index contributed by atoms with van der Waals surface area (Å²) in [6.45, 7) is 5.27. The van der Waals surface area contributed by atoms with Gasteiger partial charge in [0, 0.05) is 12.3 Å². The predicted molar refractivity (Wildman–Crippen MR) is 112 cm³/mol. The number of benzene rings is 2. The Hall–Kier alpha value is -3.06. The lowest BCUT2D eigenvalue weighted by atomic mass is 10.2. The maximum atomic E-state index is 12.3. The van der Waals surface area contributed by atoms with Crippen LogP contribution in [0.25, 0.3) is 0 Å². The molecule has 1 N–H and O–H groups in total. The van der Waals surface area contributed by atoms with E-state index in [1.807, 2.05) is 6.92 Å². The Morgan fingerprint density at radius 2 is 1.73 bits per heavy atom. The highest BCUT2D eigenvalue weighted by Gasteiger charge is 2.20. The summed E-state index contributed by atoms with van der Waals surface area (Å²) < 4.78 is 21.8. The van der Waals surface area contributed by atoms with Gasteiger partial charge in [-0.05, 0) is 75.2 Å². The summed E-state index contributed by atoms with van der Waals surface area (Å²) in [5.41, 5.74) is 0.944. The summed E-state index contributed by atoms with van der Waals surface area (Å²) in [5, 5.41) is 2.72. The fourth-order valence-corrected chi connectivity index (χ4v) is 2.98. The van der Waals surface area contributed by atoms with Gasteiger partial charge in [-0.1, -0.05) is 0 Å². The standard InChI is InChI=1S/C23H27NO6/c1-3-27-19-12-8-18(9-13-19)24-22(25)16(2)30-23(26)17-6-10-20(11-7-17)29-15-21-5-4-14-28-21/h6-13,16,21H,3-5,14-15H2,1-2H3,(H,24,25)/t16-,21-/m0/s1. The Morgan fingerprint density at radius 1 is 1.07 bits per heavy atom. The number of esters is 1. The maximum Gasteiger partial charge on any atom is 0.338 e. The van der Waals surface area contributed by atoms with Crippen LogP contribution in [0.4, 0.5) is 5.69 Å². The van der Waals surface area contributed by atoms with Crippen LogP contribution in [0.3, 0.4) is 0 Å². The first-order chi connectivity index (χ1) is 14.5. The van der Waals surface area contributed by atoms with Crippen LogP contribution >= 0.6 is 0 Å². The predicted octanol–water partition coefficient (Wildman–Crippen LogP) is 3.83. The molecule has 1 aliphatic rings. The van der Waals surface area contributed by atoms with Crippen molar-refractivity contribution in [2.24, 2.45) is 0 Å². The molecule has 0 radical (unpaired) electrons. The maximum absolute atomic E-state index is 12.3. The van der Waals surface area contributed by atoms with Crippen molar-refractivity contribution in [1.82, 2.24) is 0 Å². The topological polar surface area (TPSA) is 83.1 Å². The number of rotatable bonds is 9. The largest absolute Gasteiger partial charge is 0.494 e. The molecule has 1 aliphatic heterocycles. The van der Waals surface area contributed by atoms with E-state index < -0.39 is 18.0 Å². The molecule has 30 heavy (non-hydrogen) atoms. The molecule has 7 heteroatoms. The van der Waals surface area contributed by atoms with Gasteiger partial charge < -0.3 is 24.3 Å². The van der Waals surface area contributed by atoms with E-state index >= 15 is 0 Å². The van der Waals surface area contributed by atoms with E-state index in [9.17, 15) is 9.59 Å². The number of ether oxygens (including phenoxy) is 4. The molecule has 1 amide bonds. The van der Waals surface area contributed by atoms with E-state index in [4.69, 9.17) is 18.9 Å². The van der Waals surface area contributed by atoms with Crippen molar-refractivity contribution < 1.29 is 28.5 Å². The van der Waals surface area contributed by atoms with Crippen molar-refractivity contribution in [1.29, 1.82) is 0 Å². The van der Waals surface area contributed by atoms with Gasteiger partial charge in [-0.2, -0.15) is 0 Å². The molecule has 1 fully saturated rings. The number of amides is 1. The first-order valence-electron chi connectivity index (χ1n) is 10.1. The Labute approximate surface area is 176 Å². The number of nitrogens with one attached hydrogen (secondary N) is 1. The van der Waals surface area contributed by atoms with Gasteiger partial charge in [0.1, 0.15) is 18.1 Å². The highest BCUT2D eigenvalue weighted by Crippen LogP contribution is 2.18. The lowest BCUT2D eigenvalue weighted by molar-refractivity contribution is -0.123. The van der Waals surface area contributed by atoms with Crippen molar-refractivity contribution in [3.63, 3.8) is 0 Å². The second-order valence-corrected chi connectivity index (χ2v) is 6.96.